The number of carbonyl (C=O) groups is 1. The van der Waals surface area contributed by atoms with Gasteiger partial charge >= 0.3 is 0 Å². The maximum Gasteiger partial charge on any atom is 0.238 e. The minimum absolute atomic E-state index is 0.141. The predicted octanol–water partition coefficient (Wildman–Crippen LogP) is 2.64. The number of carbonyl (C=O) groups excluding carboxylic acids is 1. The number of amides is 1. The smallest absolute Gasteiger partial charge is 0.238 e. The first-order chi connectivity index (χ1) is 9.07. The first-order valence-electron chi connectivity index (χ1n) is 6.48. The Hall–Kier alpha value is -1.07. The number of rotatable bonds is 5. The van der Waals surface area contributed by atoms with Gasteiger partial charge in [-0.25, -0.2) is 4.39 Å². The molecule has 5 heteroatoms. The van der Waals surface area contributed by atoms with Crippen LogP contribution in [0.15, 0.2) is 24.3 Å². The fourth-order valence-corrected chi connectivity index (χ4v) is 3.46. The summed E-state index contributed by atoms with van der Waals surface area (Å²) in [5.74, 6) is 0.714. The summed E-state index contributed by atoms with van der Waals surface area (Å²) in [5.41, 5.74) is 0.494. The van der Waals surface area contributed by atoms with E-state index in [0.29, 0.717) is 5.69 Å². The summed E-state index contributed by atoms with van der Waals surface area (Å²) in [5, 5.41) is 5.85. The number of benzene rings is 1. The van der Waals surface area contributed by atoms with Crippen LogP contribution >= 0.6 is 11.8 Å². The molecule has 0 bridgehead atoms. The zero-order valence-electron chi connectivity index (χ0n) is 11.0. The first-order valence-corrected chi connectivity index (χ1v) is 7.46. The lowest BCUT2D eigenvalue weighted by Gasteiger charge is -2.22. The van der Waals surface area contributed by atoms with Crippen LogP contribution in [0, 0.1) is 5.82 Å². The van der Waals surface area contributed by atoms with Crippen LogP contribution in [0.5, 0.6) is 0 Å². The summed E-state index contributed by atoms with van der Waals surface area (Å²) in [7, 11) is 0. The molecule has 1 fully saturated rings. The van der Waals surface area contributed by atoms with Crippen molar-refractivity contribution in [3.8, 4) is 0 Å². The van der Waals surface area contributed by atoms with Gasteiger partial charge in [-0.05, 0) is 43.7 Å². The number of hydrogen-bond donors (Lipinski definition) is 2. The quantitative estimate of drug-likeness (QED) is 0.872. The van der Waals surface area contributed by atoms with Crippen LogP contribution in [-0.4, -0.2) is 29.5 Å². The molecule has 2 rings (SSSR count). The van der Waals surface area contributed by atoms with Crippen molar-refractivity contribution in [2.24, 2.45) is 0 Å². The third-order valence-corrected chi connectivity index (χ3v) is 4.73. The maximum absolute atomic E-state index is 13.0. The maximum atomic E-state index is 13.0. The van der Waals surface area contributed by atoms with E-state index in [1.807, 2.05) is 11.8 Å². The van der Waals surface area contributed by atoms with Crippen LogP contribution in [0.3, 0.4) is 0 Å². The molecule has 19 heavy (non-hydrogen) atoms. The van der Waals surface area contributed by atoms with Crippen LogP contribution in [0.1, 0.15) is 19.8 Å². The number of halogens is 1. The lowest BCUT2D eigenvalue weighted by atomic mass is 10.1. The molecule has 1 unspecified atom stereocenters. The van der Waals surface area contributed by atoms with E-state index in [9.17, 15) is 9.18 Å². The Morgan fingerprint density at radius 3 is 3.05 bits per heavy atom. The molecule has 1 aromatic carbocycles. The van der Waals surface area contributed by atoms with Gasteiger partial charge in [0.15, 0.2) is 0 Å². The van der Waals surface area contributed by atoms with Crippen molar-refractivity contribution < 1.29 is 9.18 Å². The molecule has 0 spiro atoms. The third kappa shape index (κ3) is 4.51. The van der Waals surface area contributed by atoms with Crippen molar-refractivity contribution in [2.45, 2.75) is 24.5 Å². The van der Waals surface area contributed by atoms with Gasteiger partial charge in [-0.3, -0.25) is 4.79 Å². The van der Waals surface area contributed by atoms with Crippen LogP contribution in [0.25, 0.3) is 0 Å². The molecule has 1 aliphatic heterocycles. The van der Waals surface area contributed by atoms with Crippen molar-refractivity contribution >= 4 is 23.4 Å². The van der Waals surface area contributed by atoms with Gasteiger partial charge in [-0.1, -0.05) is 6.07 Å². The van der Waals surface area contributed by atoms with Gasteiger partial charge in [0.05, 0.1) is 6.54 Å². The summed E-state index contributed by atoms with van der Waals surface area (Å²) in [6.45, 7) is 3.31. The summed E-state index contributed by atoms with van der Waals surface area (Å²) in [6, 6.07) is 5.92. The molecule has 1 aliphatic rings. The monoisotopic (exact) mass is 282 g/mol. The summed E-state index contributed by atoms with van der Waals surface area (Å²) in [4.78, 5) is 11.7. The van der Waals surface area contributed by atoms with E-state index < -0.39 is 0 Å². The van der Waals surface area contributed by atoms with Gasteiger partial charge in [0.25, 0.3) is 0 Å². The lowest BCUT2D eigenvalue weighted by molar-refractivity contribution is -0.115. The molecule has 1 aromatic rings. The number of thioether (sulfide) groups is 1. The zero-order valence-corrected chi connectivity index (χ0v) is 11.9. The molecule has 1 atom stereocenters. The van der Waals surface area contributed by atoms with Crippen molar-refractivity contribution in [1.82, 2.24) is 5.32 Å². The SMILES string of the molecule is CC1(CNCC(=O)Nc2cccc(F)c2)CCCS1. The van der Waals surface area contributed by atoms with E-state index in [1.165, 1.54) is 30.7 Å². The molecule has 0 aliphatic carbocycles. The van der Waals surface area contributed by atoms with Crippen molar-refractivity contribution in [1.29, 1.82) is 0 Å². The molecular formula is C14H19FN2OS. The second-order valence-electron chi connectivity index (χ2n) is 5.06. The van der Waals surface area contributed by atoms with Crippen molar-refractivity contribution in [3.05, 3.63) is 30.1 Å². The van der Waals surface area contributed by atoms with Crippen molar-refractivity contribution in [2.75, 3.05) is 24.2 Å². The van der Waals surface area contributed by atoms with E-state index in [0.717, 1.165) is 6.54 Å². The van der Waals surface area contributed by atoms with E-state index in [2.05, 4.69) is 17.6 Å². The highest BCUT2D eigenvalue weighted by atomic mass is 32.2. The van der Waals surface area contributed by atoms with Crippen LogP contribution in [0.2, 0.25) is 0 Å². The highest BCUT2D eigenvalue weighted by Gasteiger charge is 2.28. The molecule has 1 amide bonds. The normalized spacial score (nSPS) is 22.4. The highest BCUT2D eigenvalue weighted by Crippen LogP contribution is 2.36. The second-order valence-corrected chi connectivity index (χ2v) is 6.75. The van der Waals surface area contributed by atoms with Crippen LogP contribution < -0.4 is 10.6 Å². The van der Waals surface area contributed by atoms with Crippen LogP contribution in [-0.2, 0) is 4.79 Å². The summed E-state index contributed by atoms with van der Waals surface area (Å²) in [6.07, 6.45) is 2.44. The Kier molecular flexibility index (Phi) is 4.82. The molecule has 3 nitrogen and oxygen atoms in total. The van der Waals surface area contributed by atoms with Gasteiger partial charge in [0, 0.05) is 17.0 Å². The molecule has 1 heterocycles. The standard InChI is InChI=1S/C14H19FN2OS/c1-14(6-3-7-19-14)10-16-9-13(18)17-12-5-2-4-11(15)8-12/h2,4-5,8,16H,3,6-7,9-10H2,1H3,(H,17,18). The molecule has 2 N–H and O–H groups in total. The number of nitrogens with one attached hydrogen (secondary N) is 2. The fourth-order valence-electron chi connectivity index (χ4n) is 2.19. The largest absolute Gasteiger partial charge is 0.325 e. The molecule has 0 saturated carbocycles. The minimum Gasteiger partial charge on any atom is -0.325 e. The van der Waals surface area contributed by atoms with Crippen molar-refractivity contribution in [3.63, 3.8) is 0 Å². The fraction of sp³-hybridized carbons (Fsp3) is 0.500. The third-order valence-electron chi connectivity index (χ3n) is 3.19. The molecule has 0 aromatic heterocycles. The molecule has 1 saturated heterocycles. The van der Waals surface area contributed by atoms with Gasteiger partial charge in [0.1, 0.15) is 5.82 Å². The number of anilines is 1. The van der Waals surface area contributed by atoms with E-state index in [4.69, 9.17) is 0 Å². The van der Waals surface area contributed by atoms with Gasteiger partial charge in [-0.2, -0.15) is 11.8 Å². The Morgan fingerprint density at radius 1 is 1.53 bits per heavy atom. The Morgan fingerprint density at radius 2 is 2.37 bits per heavy atom. The zero-order chi connectivity index (χ0) is 13.7. The summed E-state index contributed by atoms with van der Waals surface area (Å²) < 4.78 is 13.2. The van der Waals surface area contributed by atoms with Gasteiger partial charge in [-0.15, -0.1) is 0 Å². The lowest BCUT2D eigenvalue weighted by Crippen LogP contribution is -2.37. The number of hydrogen-bond acceptors (Lipinski definition) is 3. The summed E-state index contributed by atoms with van der Waals surface area (Å²) >= 11 is 1.96. The van der Waals surface area contributed by atoms with E-state index in [1.54, 1.807) is 12.1 Å². The van der Waals surface area contributed by atoms with E-state index in [-0.39, 0.29) is 23.0 Å². The average molecular weight is 282 g/mol. The molecule has 104 valence electrons. The average Bonchev–Trinajstić information content (AvgIpc) is 2.76. The molecular weight excluding hydrogens is 263 g/mol. The first kappa shape index (κ1) is 14.3. The second kappa shape index (κ2) is 6.39. The topological polar surface area (TPSA) is 41.1 Å². The Balaban J connectivity index is 1.73. The highest BCUT2D eigenvalue weighted by molar-refractivity contribution is 8.00. The van der Waals surface area contributed by atoms with Crippen LogP contribution in [0.4, 0.5) is 10.1 Å². The minimum atomic E-state index is -0.347. The molecule has 0 radical (unpaired) electrons. The Labute approximate surface area is 117 Å². The van der Waals surface area contributed by atoms with Gasteiger partial charge < -0.3 is 10.6 Å². The Bertz CT molecular complexity index is 447. The van der Waals surface area contributed by atoms with E-state index >= 15 is 0 Å². The van der Waals surface area contributed by atoms with Gasteiger partial charge in [0.2, 0.25) is 5.91 Å². The predicted molar refractivity (Wildman–Crippen MR) is 78.0 cm³/mol.